The standard InChI is InChI=1S/C48H52N4O5/c1-28-4-8-30(9-5-28)41(55)23-32(53)11-6-29-7-17-42-43(22-29)57-47-38(48(20-21-56-42)18-2-3-19-48)15-16-40(54)34-13-14-35-44-31(24-51-46(35)49)10-12-33(45(34)44)36-25-50-39-27-52(47)26-37(36)39/h4,7-8,13-14,17,22,25-26,28,30-31,33,38,40-41,46-47,51,54-55H,2-3,5-6,9-12,18-19,23-24,27,49H2,1H3/t28-,30-,31-,33-,38-,40-,41-,46-,47-/m0/s1. The highest BCUT2D eigenvalue weighted by molar-refractivity contribution is 6.09. The normalized spacial score (nSPS) is 31.6. The Morgan fingerprint density at radius 3 is 2.77 bits per heavy atom. The Morgan fingerprint density at radius 1 is 1.07 bits per heavy atom. The first-order valence-corrected chi connectivity index (χ1v) is 21.2. The number of fused-ring (bicyclic) bond motifs is 6. The minimum Gasteiger partial charge on any atom is -0.465 e. The summed E-state index contributed by atoms with van der Waals surface area (Å²) in [5.74, 6) is 12.2. The highest BCUT2D eigenvalue weighted by Gasteiger charge is 2.49. The molecule has 1 fully saturated rings. The molecule has 9 atom stereocenters. The molecule has 0 radical (unpaired) electrons. The lowest BCUT2D eigenvalue weighted by Gasteiger charge is -2.41. The van der Waals surface area contributed by atoms with Crippen molar-refractivity contribution in [1.82, 2.24) is 10.2 Å². The molecule has 2 aromatic rings. The van der Waals surface area contributed by atoms with E-state index in [1.54, 1.807) is 0 Å². The average Bonchev–Trinajstić information content (AvgIpc) is 3.96. The molecule has 9 nitrogen and oxygen atoms in total. The van der Waals surface area contributed by atoms with Gasteiger partial charge in [-0.1, -0.05) is 67.9 Å². The number of carbonyl (C=O) groups excluding carboxylic acids is 1. The van der Waals surface area contributed by atoms with Gasteiger partial charge in [0.1, 0.15) is 18.0 Å². The molecule has 0 aromatic heterocycles. The smallest absolute Gasteiger partial charge is 0.187 e. The van der Waals surface area contributed by atoms with Crippen molar-refractivity contribution in [3.8, 4) is 35.4 Å². The quantitative estimate of drug-likeness (QED) is 0.192. The summed E-state index contributed by atoms with van der Waals surface area (Å²) in [5, 5.41) is 26.5. The number of benzene rings is 2. The Bertz CT molecular complexity index is 2240. The number of nitrogens with two attached hydrogens (primary N) is 1. The van der Waals surface area contributed by atoms with E-state index >= 15 is 0 Å². The van der Waals surface area contributed by atoms with Gasteiger partial charge in [-0.15, -0.1) is 0 Å². The Kier molecular flexibility index (Phi) is 9.42. The van der Waals surface area contributed by atoms with Crippen LogP contribution in [0, 0.1) is 47.0 Å². The van der Waals surface area contributed by atoms with E-state index in [1.807, 2.05) is 30.5 Å². The van der Waals surface area contributed by atoms with Gasteiger partial charge in [0.25, 0.3) is 0 Å². The van der Waals surface area contributed by atoms with Crippen LogP contribution in [0.1, 0.15) is 123 Å². The molecule has 9 heteroatoms. The third kappa shape index (κ3) is 6.54. The predicted octanol–water partition coefficient (Wildman–Crippen LogP) is 6.59. The molecule has 10 rings (SSSR count). The van der Waals surface area contributed by atoms with Crippen molar-refractivity contribution in [2.24, 2.45) is 33.9 Å². The highest BCUT2D eigenvalue weighted by atomic mass is 16.5. The molecule has 8 aliphatic rings. The topological polar surface area (TPSA) is 130 Å². The number of nitrogens with one attached hydrogen (secondary N) is 1. The fourth-order valence-corrected chi connectivity index (χ4v) is 11.0. The third-order valence-corrected chi connectivity index (χ3v) is 14.2. The number of ether oxygens (including phenoxy) is 2. The van der Waals surface area contributed by atoms with Gasteiger partial charge in [-0.25, -0.2) is 0 Å². The number of hydrogen-bond acceptors (Lipinski definition) is 9. The molecule has 3 aliphatic carbocycles. The van der Waals surface area contributed by atoms with Crippen LogP contribution in [-0.2, 0) is 11.2 Å². The molecule has 294 valence electrons. The second-order valence-electron chi connectivity index (χ2n) is 17.7. The summed E-state index contributed by atoms with van der Waals surface area (Å²) in [5.41, 5.74) is 14.8. The number of aliphatic hydroxyl groups is 2. The van der Waals surface area contributed by atoms with E-state index in [1.165, 1.54) is 16.7 Å². The van der Waals surface area contributed by atoms with E-state index in [4.69, 9.17) is 20.2 Å². The predicted molar refractivity (Wildman–Crippen MR) is 218 cm³/mol. The zero-order chi connectivity index (χ0) is 38.8. The van der Waals surface area contributed by atoms with Crippen LogP contribution in [0.5, 0.6) is 11.5 Å². The zero-order valence-electron chi connectivity index (χ0n) is 32.7. The molecule has 1 spiro atoms. The van der Waals surface area contributed by atoms with Crippen molar-refractivity contribution in [3.05, 3.63) is 93.8 Å². The van der Waals surface area contributed by atoms with Crippen LogP contribution in [-0.4, -0.2) is 52.0 Å². The molecule has 1 saturated carbocycles. The molecule has 2 aromatic carbocycles. The van der Waals surface area contributed by atoms with Crippen LogP contribution in [0.2, 0.25) is 0 Å². The second-order valence-corrected chi connectivity index (χ2v) is 17.7. The first-order chi connectivity index (χ1) is 27.7. The van der Waals surface area contributed by atoms with E-state index in [9.17, 15) is 15.0 Å². The minimum atomic E-state index is -1.01. The van der Waals surface area contributed by atoms with Crippen LogP contribution in [0.4, 0.5) is 0 Å². The van der Waals surface area contributed by atoms with E-state index in [2.05, 4.69) is 65.4 Å². The van der Waals surface area contributed by atoms with Crippen LogP contribution < -0.4 is 20.5 Å². The van der Waals surface area contributed by atoms with Crippen LogP contribution in [0.15, 0.2) is 71.0 Å². The molecule has 0 amide bonds. The Hall–Kier alpha value is -4.64. The van der Waals surface area contributed by atoms with Gasteiger partial charge in [0.2, 0.25) is 0 Å². The maximum absolute atomic E-state index is 13.1. The fourth-order valence-electron chi connectivity index (χ4n) is 11.0. The van der Waals surface area contributed by atoms with Gasteiger partial charge in [-0.05, 0) is 102 Å². The maximum Gasteiger partial charge on any atom is 0.187 e. The number of ketones is 1. The average molecular weight is 765 g/mol. The van der Waals surface area contributed by atoms with E-state index < -0.39 is 29.8 Å². The van der Waals surface area contributed by atoms with Crippen LogP contribution >= 0.6 is 0 Å². The van der Waals surface area contributed by atoms with Gasteiger partial charge < -0.3 is 30.3 Å². The van der Waals surface area contributed by atoms with E-state index in [0.717, 1.165) is 85.9 Å². The lowest BCUT2D eigenvalue weighted by Crippen LogP contribution is -2.47. The molecule has 57 heavy (non-hydrogen) atoms. The van der Waals surface area contributed by atoms with E-state index in [-0.39, 0.29) is 30.2 Å². The molecule has 5 aliphatic heterocycles. The van der Waals surface area contributed by atoms with Crippen molar-refractivity contribution < 1.29 is 24.5 Å². The Balaban J connectivity index is 1.01. The van der Waals surface area contributed by atoms with Crippen LogP contribution in [0.3, 0.4) is 0 Å². The molecule has 0 unspecified atom stereocenters. The zero-order valence-corrected chi connectivity index (χ0v) is 32.7. The number of nitrogens with zero attached hydrogens (tertiary/aromatic N) is 2. The monoisotopic (exact) mass is 764 g/mol. The minimum absolute atomic E-state index is 0.0348. The van der Waals surface area contributed by atoms with Crippen LogP contribution in [0.25, 0.3) is 0 Å². The number of rotatable bonds is 6. The summed E-state index contributed by atoms with van der Waals surface area (Å²) in [7, 11) is 0. The van der Waals surface area contributed by atoms with Gasteiger partial charge in [-0.3, -0.25) is 15.1 Å². The summed E-state index contributed by atoms with van der Waals surface area (Å²) >= 11 is 0. The number of aliphatic imine (C=N–C) groups is 1. The summed E-state index contributed by atoms with van der Waals surface area (Å²) in [6.07, 6.45) is 17.8. The number of aliphatic hydroxyl groups excluding tert-OH is 2. The molecule has 0 saturated heterocycles. The fraction of sp³-hybridized carbons (Fsp3) is 0.500. The SMILES string of the molecule is C[C@H]1C=C[C@H]([C@@H](O)CC(=O)CCc2ccc3c(c2)O[C@H]2[C@H](C#C[C@H](O)c4ccc5c6c4[C@@H](CC[C@H]6CN[C@@H]5N)C4=CN=C5CN2C=C45)C2(C#CO3)CCCC2)CC1. The Labute approximate surface area is 335 Å². The van der Waals surface area contributed by atoms with Gasteiger partial charge in [0.15, 0.2) is 17.7 Å². The summed E-state index contributed by atoms with van der Waals surface area (Å²) in [4.78, 5) is 20.4. The first-order valence-electron chi connectivity index (χ1n) is 21.2. The second kappa shape index (κ2) is 14.6. The summed E-state index contributed by atoms with van der Waals surface area (Å²) < 4.78 is 13.3. The first kappa shape index (κ1) is 36.7. The molecular weight excluding hydrogens is 713 g/mol. The molecule has 5 heterocycles. The van der Waals surface area contributed by atoms with Crippen molar-refractivity contribution >= 4 is 11.5 Å². The number of hydrogen-bond donors (Lipinski definition) is 4. The molecule has 5 N–H and O–H groups in total. The number of Topliss-reactive ketones (excluding diaryl/α,β-unsaturated/α-hetero) is 1. The van der Waals surface area contributed by atoms with Gasteiger partial charge in [0.05, 0.1) is 35.9 Å². The van der Waals surface area contributed by atoms with Crippen molar-refractivity contribution in [2.45, 2.75) is 114 Å². The van der Waals surface area contributed by atoms with Crippen molar-refractivity contribution in [2.75, 3.05) is 13.1 Å². The molecule has 2 bridgehead atoms. The largest absolute Gasteiger partial charge is 0.465 e. The number of allylic oxidation sites excluding steroid dienone is 2. The summed E-state index contributed by atoms with van der Waals surface area (Å²) in [6.45, 7) is 3.57. The number of aryl methyl sites for hydroxylation is 1. The lowest BCUT2D eigenvalue weighted by molar-refractivity contribution is -0.121. The summed E-state index contributed by atoms with van der Waals surface area (Å²) in [6, 6.07) is 9.96. The van der Waals surface area contributed by atoms with Gasteiger partial charge in [-0.2, -0.15) is 0 Å². The number of carbonyl (C=O) groups is 1. The Morgan fingerprint density at radius 2 is 1.93 bits per heavy atom. The van der Waals surface area contributed by atoms with Gasteiger partial charge >= 0.3 is 0 Å². The van der Waals surface area contributed by atoms with Crippen molar-refractivity contribution in [3.63, 3.8) is 0 Å². The highest BCUT2D eigenvalue weighted by Crippen LogP contribution is 2.53. The molecular formula is C48H52N4O5. The third-order valence-electron chi connectivity index (χ3n) is 14.2. The van der Waals surface area contributed by atoms with Gasteiger partial charge in [0, 0.05) is 49.2 Å². The van der Waals surface area contributed by atoms with E-state index in [0.29, 0.717) is 42.7 Å². The van der Waals surface area contributed by atoms with Crippen molar-refractivity contribution in [1.29, 1.82) is 0 Å². The maximum atomic E-state index is 13.1. The lowest BCUT2D eigenvalue weighted by atomic mass is 9.67.